The predicted octanol–water partition coefficient (Wildman–Crippen LogP) is 4.91. The van der Waals surface area contributed by atoms with Gasteiger partial charge in [0.25, 0.3) is 0 Å². The van der Waals surface area contributed by atoms with Crippen LogP contribution in [0.1, 0.15) is 46.2 Å². The molecule has 1 aliphatic rings. The van der Waals surface area contributed by atoms with Crippen molar-refractivity contribution in [3.05, 3.63) is 101 Å². The van der Waals surface area contributed by atoms with E-state index in [1.54, 1.807) is 12.5 Å². The Labute approximate surface area is 186 Å². The SMILES string of the molecule is Cc1cc([C@@H]2[C@H](c3ccccn3)NC(=S)N2Cc2ccco2)c(C)n1Cc1ccco1. The van der Waals surface area contributed by atoms with E-state index in [0.717, 1.165) is 17.2 Å². The molecule has 0 spiro atoms. The lowest BCUT2D eigenvalue weighted by Crippen LogP contribution is -2.29. The summed E-state index contributed by atoms with van der Waals surface area (Å²) in [4.78, 5) is 6.83. The molecule has 0 amide bonds. The molecule has 0 radical (unpaired) electrons. The van der Waals surface area contributed by atoms with Gasteiger partial charge in [0, 0.05) is 17.6 Å². The normalized spacial score (nSPS) is 18.5. The smallest absolute Gasteiger partial charge is 0.170 e. The standard InChI is InChI=1S/C24H24N4O2S/c1-16-13-20(17(2)27(16)14-18-7-5-11-29-18)23-22(21-9-3-4-10-25-21)26-24(31)28(23)15-19-8-6-12-30-19/h3-13,22-23H,14-15H2,1-2H3,(H,26,31)/t22-,23+/m0/s1. The zero-order valence-corrected chi connectivity index (χ0v) is 18.3. The molecule has 1 fully saturated rings. The number of nitrogens with one attached hydrogen (secondary N) is 1. The zero-order chi connectivity index (χ0) is 21.4. The van der Waals surface area contributed by atoms with Crippen molar-refractivity contribution in [3.63, 3.8) is 0 Å². The molecular formula is C24H24N4O2S. The van der Waals surface area contributed by atoms with Crippen LogP contribution in [0.25, 0.3) is 0 Å². The minimum atomic E-state index is -0.0544. The summed E-state index contributed by atoms with van der Waals surface area (Å²) in [5.74, 6) is 1.81. The highest BCUT2D eigenvalue weighted by Gasteiger charge is 2.41. The number of pyridine rings is 1. The van der Waals surface area contributed by atoms with Crippen LogP contribution in [-0.4, -0.2) is 19.6 Å². The molecule has 7 heteroatoms. The molecule has 1 aliphatic heterocycles. The Morgan fingerprint density at radius 2 is 1.74 bits per heavy atom. The molecule has 31 heavy (non-hydrogen) atoms. The third-order valence-corrected chi connectivity index (χ3v) is 6.28. The van der Waals surface area contributed by atoms with Crippen molar-refractivity contribution in [1.82, 2.24) is 19.8 Å². The summed E-state index contributed by atoms with van der Waals surface area (Å²) in [5, 5.41) is 4.21. The lowest BCUT2D eigenvalue weighted by atomic mass is 9.96. The van der Waals surface area contributed by atoms with Crippen molar-refractivity contribution >= 4 is 17.3 Å². The van der Waals surface area contributed by atoms with Gasteiger partial charge >= 0.3 is 0 Å². The summed E-state index contributed by atoms with van der Waals surface area (Å²) >= 11 is 5.77. The van der Waals surface area contributed by atoms with Gasteiger partial charge in [0.1, 0.15) is 11.5 Å². The third-order valence-electron chi connectivity index (χ3n) is 5.93. The van der Waals surface area contributed by atoms with Gasteiger partial charge in [-0.3, -0.25) is 4.98 Å². The van der Waals surface area contributed by atoms with Gasteiger partial charge in [-0.15, -0.1) is 0 Å². The summed E-state index contributed by atoms with van der Waals surface area (Å²) in [6.45, 7) is 5.58. The number of rotatable bonds is 6. The molecule has 4 aromatic heterocycles. The summed E-state index contributed by atoms with van der Waals surface area (Å²) in [7, 11) is 0. The van der Waals surface area contributed by atoms with E-state index in [1.807, 2.05) is 48.7 Å². The second-order valence-electron chi connectivity index (χ2n) is 7.83. The van der Waals surface area contributed by atoms with E-state index in [1.165, 1.54) is 17.0 Å². The van der Waals surface area contributed by atoms with Gasteiger partial charge in [0.15, 0.2) is 5.11 Å². The molecule has 0 unspecified atom stereocenters. The minimum absolute atomic E-state index is 0.0101. The maximum atomic E-state index is 5.77. The van der Waals surface area contributed by atoms with Crippen molar-refractivity contribution < 1.29 is 8.83 Å². The van der Waals surface area contributed by atoms with Gasteiger partial charge in [-0.25, -0.2) is 0 Å². The Hall–Kier alpha value is -3.32. The zero-order valence-electron chi connectivity index (χ0n) is 17.5. The summed E-state index contributed by atoms with van der Waals surface area (Å²) in [6.07, 6.45) is 5.24. The van der Waals surface area contributed by atoms with Gasteiger partial charge in [0.2, 0.25) is 0 Å². The maximum Gasteiger partial charge on any atom is 0.170 e. The molecular weight excluding hydrogens is 408 g/mol. The fourth-order valence-electron chi connectivity index (χ4n) is 4.41. The molecule has 4 aromatic rings. The van der Waals surface area contributed by atoms with Crippen molar-refractivity contribution in [1.29, 1.82) is 0 Å². The molecule has 1 N–H and O–H groups in total. The Morgan fingerprint density at radius 3 is 2.39 bits per heavy atom. The maximum absolute atomic E-state index is 5.77. The summed E-state index contributed by atoms with van der Waals surface area (Å²) in [5.41, 5.74) is 4.56. The highest BCUT2D eigenvalue weighted by atomic mass is 32.1. The molecule has 0 bridgehead atoms. The minimum Gasteiger partial charge on any atom is -0.467 e. The number of thiocarbonyl (C=S) groups is 1. The number of hydrogen-bond acceptors (Lipinski definition) is 4. The van der Waals surface area contributed by atoms with E-state index in [0.29, 0.717) is 18.2 Å². The summed E-state index contributed by atoms with van der Waals surface area (Å²) in [6, 6.07) is 16.0. The monoisotopic (exact) mass is 432 g/mol. The first-order valence-corrected chi connectivity index (χ1v) is 10.7. The van der Waals surface area contributed by atoms with Crippen molar-refractivity contribution in [2.24, 2.45) is 0 Å². The average molecular weight is 433 g/mol. The van der Waals surface area contributed by atoms with Gasteiger partial charge in [-0.05, 0) is 74.1 Å². The molecule has 6 nitrogen and oxygen atoms in total. The highest BCUT2D eigenvalue weighted by Crippen LogP contribution is 2.41. The second-order valence-corrected chi connectivity index (χ2v) is 8.21. The Bertz CT molecular complexity index is 1170. The van der Waals surface area contributed by atoms with Crippen molar-refractivity contribution in [2.45, 2.75) is 39.0 Å². The summed E-state index contributed by atoms with van der Waals surface area (Å²) < 4.78 is 13.5. The van der Waals surface area contributed by atoms with E-state index in [-0.39, 0.29) is 12.1 Å². The van der Waals surface area contributed by atoms with Crippen LogP contribution >= 0.6 is 12.2 Å². The molecule has 1 saturated heterocycles. The topological polar surface area (TPSA) is 59.4 Å². The van der Waals surface area contributed by atoms with Crippen LogP contribution in [0.3, 0.4) is 0 Å². The fourth-order valence-corrected chi connectivity index (χ4v) is 4.72. The lowest BCUT2D eigenvalue weighted by Gasteiger charge is -2.27. The molecule has 0 aliphatic carbocycles. The van der Waals surface area contributed by atoms with E-state index in [9.17, 15) is 0 Å². The number of furan rings is 2. The largest absolute Gasteiger partial charge is 0.467 e. The van der Waals surface area contributed by atoms with Gasteiger partial charge < -0.3 is 23.6 Å². The van der Waals surface area contributed by atoms with E-state index in [2.05, 4.69) is 39.7 Å². The van der Waals surface area contributed by atoms with Gasteiger partial charge in [-0.1, -0.05) is 6.07 Å². The number of aromatic nitrogens is 2. The number of nitrogens with zero attached hydrogens (tertiary/aromatic N) is 3. The molecule has 0 saturated carbocycles. The van der Waals surface area contributed by atoms with E-state index >= 15 is 0 Å². The van der Waals surface area contributed by atoms with Crippen LogP contribution in [0.15, 0.2) is 76.1 Å². The van der Waals surface area contributed by atoms with Crippen LogP contribution in [0, 0.1) is 13.8 Å². The first-order valence-electron chi connectivity index (χ1n) is 10.3. The van der Waals surface area contributed by atoms with E-state index < -0.39 is 0 Å². The van der Waals surface area contributed by atoms with Crippen LogP contribution in [0.4, 0.5) is 0 Å². The third kappa shape index (κ3) is 3.65. The van der Waals surface area contributed by atoms with Crippen LogP contribution in [0.2, 0.25) is 0 Å². The molecule has 0 aromatic carbocycles. The van der Waals surface area contributed by atoms with E-state index in [4.69, 9.17) is 21.1 Å². The first-order chi connectivity index (χ1) is 15.1. The highest BCUT2D eigenvalue weighted by molar-refractivity contribution is 7.80. The number of hydrogen-bond donors (Lipinski definition) is 1. The van der Waals surface area contributed by atoms with Gasteiger partial charge in [0.05, 0.1) is 43.4 Å². The van der Waals surface area contributed by atoms with Crippen LogP contribution in [-0.2, 0) is 13.1 Å². The van der Waals surface area contributed by atoms with Crippen LogP contribution in [0.5, 0.6) is 0 Å². The Balaban J connectivity index is 1.57. The average Bonchev–Trinajstić information content (AvgIpc) is 3.57. The van der Waals surface area contributed by atoms with Gasteiger partial charge in [-0.2, -0.15) is 0 Å². The Morgan fingerprint density at radius 1 is 1.00 bits per heavy atom. The first kappa shape index (κ1) is 19.6. The molecule has 158 valence electrons. The number of aryl methyl sites for hydroxylation is 1. The van der Waals surface area contributed by atoms with Crippen LogP contribution < -0.4 is 5.32 Å². The van der Waals surface area contributed by atoms with Crippen molar-refractivity contribution in [2.75, 3.05) is 0 Å². The Kier molecular flexibility index (Phi) is 5.11. The quantitative estimate of drug-likeness (QED) is 0.437. The lowest BCUT2D eigenvalue weighted by molar-refractivity contribution is 0.286. The predicted molar refractivity (Wildman–Crippen MR) is 121 cm³/mol. The second kappa shape index (κ2) is 8.07. The molecule has 5 rings (SSSR count). The fraction of sp³-hybridized carbons (Fsp3) is 0.250. The van der Waals surface area contributed by atoms with Crippen molar-refractivity contribution in [3.8, 4) is 0 Å². The molecule has 5 heterocycles. The molecule has 2 atom stereocenters.